The first-order valence-corrected chi connectivity index (χ1v) is 7.16. The molecule has 1 atom stereocenters. The van der Waals surface area contributed by atoms with Gasteiger partial charge in [0, 0.05) is 6.20 Å². The number of anilines is 2. The first kappa shape index (κ1) is 14.8. The van der Waals surface area contributed by atoms with E-state index in [-0.39, 0.29) is 24.6 Å². The van der Waals surface area contributed by atoms with Crippen molar-refractivity contribution in [2.45, 2.75) is 13.0 Å². The zero-order valence-corrected chi connectivity index (χ0v) is 12.5. The third kappa shape index (κ3) is 3.57. The van der Waals surface area contributed by atoms with Gasteiger partial charge in [-0.2, -0.15) is 0 Å². The Labute approximate surface area is 133 Å². The van der Waals surface area contributed by atoms with E-state index in [4.69, 9.17) is 4.74 Å². The molecule has 2 aromatic rings. The van der Waals surface area contributed by atoms with Gasteiger partial charge in [0.05, 0.1) is 23.6 Å². The minimum Gasteiger partial charge on any atom is -0.482 e. The molecule has 1 aliphatic heterocycles. The van der Waals surface area contributed by atoms with Crippen LogP contribution >= 0.6 is 0 Å². The first-order valence-electron chi connectivity index (χ1n) is 7.16. The van der Waals surface area contributed by atoms with Crippen molar-refractivity contribution in [3.05, 3.63) is 48.3 Å². The second-order valence-corrected chi connectivity index (χ2v) is 5.15. The number of rotatable bonds is 3. The van der Waals surface area contributed by atoms with Crippen LogP contribution in [0.1, 0.15) is 18.5 Å². The van der Waals surface area contributed by atoms with Crippen molar-refractivity contribution in [1.82, 2.24) is 10.3 Å². The predicted molar refractivity (Wildman–Crippen MR) is 85.4 cm³/mol. The lowest BCUT2D eigenvalue weighted by Crippen LogP contribution is -2.31. The molecule has 1 aliphatic rings. The molecule has 0 bridgehead atoms. The Balaban J connectivity index is 1.66. The molecule has 1 aromatic heterocycles. The number of hydrogen-bond donors (Lipinski definition) is 3. The summed E-state index contributed by atoms with van der Waals surface area (Å²) >= 11 is 0. The van der Waals surface area contributed by atoms with E-state index >= 15 is 0 Å². The highest BCUT2D eigenvalue weighted by atomic mass is 16.5. The number of hydrogen-bond acceptors (Lipinski definition) is 4. The van der Waals surface area contributed by atoms with Gasteiger partial charge in [-0.15, -0.1) is 0 Å². The standard InChI is InChI=1S/C16H16N4O3/c1-10(18-16(22)19-12-3-2-6-17-8-12)11-4-5-14-13(7-11)20-15(21)9-23-14/h2-8,10H,9H2,1H3,(H,20,21)(H2,18,19,22). The molecule has 3 N–H and O–H groups in total. The molecule has 2 heterocycles. The van der Waals surface area contributed by atoms with E-state index in [1.165, 1.54) is 0 Å². The zero-order chi connectivity index (χ0) is 16.2. The van der Waals surface area contributed by atoms with Crippen LogP contribution in [-0.4, -0.2) is 23.5 Å². The fraction of sp³-hybridized carbons (Fsp3) is 0.188. The minimum atomic E-state index is -0.330. The van der Waals surface area contributed by atoms with Crippen molar-refractivity contribution in [2.75, 3.05) is 17.2 Å². The van der Waals surface area contributed by atoms with Gasteiger partial charge >= 0.3 is 6.03 Å². The highest BCUT2D eigenvalue weighted by molar-refractivity contribution is 5.95. The summed E-state index contributed by atoms with van der Waals surface area (Å²) in [4.78, 5) is 27.3. The van der Waals surface area contributed by atoms with Gasteiger partial charge in [-0.1, -0.05) is 6.07 Å². The molecule has 3 rings (SSSR count). The minimum absolute atomic E-state index is 0.0215. The topological polar surface area (TPSA) is 92.4 Å². The van der Waals surface area contributed by atoms with Crippen LogP contribution in [0.2, 0.25) is 0 Å². The van der Waals surface area contributed by atoms with E-state index in [0.29, 0.717) is 17.1 Å². The van der Waals surface area contributed by atoms with Crippen molar-refractivity contribution < 1.29 is 14.3 Å². The van der Waals surface area contributed by atoms with Gasteiger partial charge in [-0.3, -0.25) is 9.78 Å². The number of nitrogens with one attached hydrogen (secondary N) is 3. The molecule has 0 radical (unpaired) electrons. The second kappa shape index (κ2) is 6.35. The third-order valence-electron chi connectivity index (χ3n) is 3.40. The maximum absolute atomic E-state index is 12.0. The van der Waals surface area contributed by atoms with Gasteiger partial charge in [0.15, 0.2) is 6.61 Å². The van der Waals surface area contributed by atoms with Crippen LogP contribution in [0.5, 0.6) is 5.75 Å². The number of nitrogens with zero attached hydrogens (tertiary/aromatic N) is 1. The van der Waals surface area contributed by atoms with Gasteiger partial charge in [0.1, 0.15) is 5.75 Å². The lowest BCUT2D eigenvalue weighted by molar-refractivity contribution is -0.118. The second-order valence-electron chi connectivity index (χ2n) is 5.15. The summed E-state index contributed by atoms with van der Waals surface area (Å²) in [6.07, 6.45) is 3.20. The molecule has 118 valence electrons. The summed E-state index contributed by atoms with van der Waals surface area (Å²) < 4.78 is 5.31. The molecular formula is C16H16N4O3. The van der Waals surface area contributed by atoms with Crippen LogP contribution in [0.3, 0.4) is 0 Å². The van der Waals surface area contributed by atoms with Crippen LogP contribution in [-0.2, 0) is 4.79 Å². The van der Waals surface area contributed by atoms with Gasteiger partial charge < -0.3 is 20.7 Å². The van der Waals surface area contributed by atoms with Gasteiger partial charge in [0.25, 0.3) is 5.91 Å². The van der Waals surface area contributed by atoms with E-state index in [1.54, 1.807) is 36.7 Å². The van der Waals surface area contributed by atoms with Crippen LogP contribution in [0, 0.1) is 0 Å². The number of carbonyl (C=O) groups is 2. The Morgan fingerprint density at radius 1 is 1.39 bits per heavy atom. The van der Waals surface area contributed by atoms with Crippen molar-refractivity contribution in [3.63, 3.8) is 0 Å². The molecule has 7 heteroatoms. The summed E-state index contributed by atoms with van der Waals surface area (Å²) in [5, 5.41) is 8.28. The number of fused-ring (bicyclic) bond motifs is 1. The molecule has 7 nitrogen and oxygen atoms in total. The first-order chi connectivity index (χ1) is 11.1. The molecule has 0 saturated heterocycles. The largest absolute Gasteiger partial charge is 0.482 e. The lowest BCUT2D eigenvalue weighted by Gasteiger charge is -2.21. The number of pyridine rings is 1. The van der Waals surface area contributed by atoms with Gasteiger partial charge in [-0.25, -0.2) is 4.79 Å². The average Bonchev–Trinajstić information content (AvgIpc) is 2.54. The third-order valence-corrected chi connectivity index (χ3v) is 3.40. The van der Waals surface area contributed by atoms with E-state index in [1.807, 2.05) is 13.0 Å². The van der Waals surface area contributed by atoms with E-state index in [9.17, 15) is 9.59 Å². The zero-order valence-electron chi connectivity index (χ0n) is 12.5. The fourth-order valence-electron chi connectivity index (χ4n) is 2.25. The summed E-state index contributed by atoms with van der Waals surface area (Å²) in [6.45, 7) is 1.88. The summed E-state index contributed by atoms with van der Waals surface area (Å²) in [7, 11) is 0. The molecule has 0 saturated carbocycles. The Morgan fingerprint density at radius 2 is 2.26 bits per heavy atom. The summed E-state index contributed by atoms with van der Waals surface area (Å²) in [6, 6.07) is 8.35. The molecule has 0 spiro atoms. The van der Waals surface area contributed by atoms with Crippen molar-refractivity contribution in [3.8, 4) is 5.75 Å². The maximum Gasteiger partial charge on any atom is 0.319 e. The lowest BCUT2D eigenvalue weighted by atomic mass is 10.1. The molecule has 1 unspecified atom stereocenters. The summed E-state index contributed by atoms with van der Waals surface area (Å²) in [5.74, 6) is 0.435. The molecule has 1 aromatic carbocycles. The van der Waals surface area contributed by atoms with E-state index in [2.05, 4.69) is 20.9 Å². The van der Waals surface area contributed by atoms with Crippen molar-refractivity contribution in [1.29, 1.82) is 0 Å². The van der Waals surface area contributed by atoms with Crippen molar-refractivity contribution >= 4 is 23.3 Å². The SMILES string of the molecule is CC(NC(=O)Nc1cccnc1)c1ccc2c(c1)NC(=O)CO2. The maximum atomic E-state index is 12.0. The molecular weight excluding hydrogens is 296 g/mol. The predicted octanol–water partition coefficient (Wildman–Crippen LogP) is 2.30. The number of aromatic nitrogens is 1. The van der Waals surface area contributed by atoms with Crippen LogP contribution in [0.15, 0.2) is 42.7 Å². The van der Waals surface area contributed by atoms with Crippen LogP contribution < -0.4 is 20.7 Å². The quantitative estimate of drug-likeness (QED) is 0.811. The number of urea groups is 1. The Morgan fingerprint density at radius 3 is 3.04 bits per heavy atom. The van der Waals surface area contributed by atoms with Crippen molar-refractivity contribution in [2.24, 2.45) is 0 Å². The molecule has 0 fully saturated rings. The van der Waals surface area contributed by atoms with Gasteiger partial charge in [0.2, 0.25) is 0 Å². The van der Waals surface area contributed by atoms with Crippen LogP contribution in [0.25, 0.3) is 0 Å². The number of ether oxygens (including phenoxy) is 1. The van der Waals surface area contributed by atoms with E-state index < -0.39 is 0 Å². The highest BCUT2D eigenvalue weighted by Crippen LogP contribution is 2.30. The van der Waals surface area contributed by atoms with E-state index in [0.717, 1.165) is 5.56 Å². The fourth-order valence-corrected chi connectivity index (χ4v) is 2.25. The normalized spacial score (nSPS) is 14.0. The average molecular weight is 312 g/mol. The molecule has 3 amide bonds. The van der Waals surface area contributed by atoms with Crippen LogP contribution in [0.4, 0.5) is 16.2 Å². The Bertz CT molecular complexity index is 733. The summed E-state index contributed by atoms with van der Waals surface area (Å²) in [5.41, 5.74) is 2.08. The van der Waals surface area contributed by atoms with Gasteiger partial charge in [-0.05, 0) is 36.8 Å². The number of carbonyl (C=O) groups excluding carboxylic acids is 2. The monoisotopic (exact) mass is 312 g/mol. The molecule has 0 aliphatic carbocycles. The Hall–Kier alpha value is -3.09. The molecule has 23 heavy (non-hydrogen) atoms. The Kier molecular flexibility index (Phi) is 4.09. The number of benzene rings is 1. The smallest absolute Gasteiger partial charge is 0.319 e. The number of amides is 3. The highest BCUT2D eigenvalue weighted by Gasteiger charge is 2.18.